The molecule has 2 N–H and O–H groups in total. The second-order valence-electron chi connectivity index (χ2n) is 6.79. The lowest BCUT2D eigenvalue weighted by Gasteiger charge is -2.22. The van der Waals surface area contributed by atoms with Crippen LogP contribution in [0.5, 0.6) is 0 Å². The van der Waals surface area contributed by atoms with Gasteiger partial charge in [0.2, 0.25) is 0 Å². The molecule has 0 spiro atoms. The number of benzene rings is 1. The summed E-state index contributed by atoms with van der Waals surface area (Å²) < 4.78 is 1.84. The van der Waals surface area contributed by atoms with Crippen molar-refractivity contribution in [1.82, 2.24) is 25.6 Å². The molecule has 2 heterocycles. The molecule has 0 aliphatic carbocycles. The number of unbranched alkanes of at least 4 members (excludes halogenated alkanes) is 1. The summed E-state index contributed by atoms with van der Waals surface area (Å²) in [6.07, 6.45) is 5.78. The molecule has 7 nitrogen and oxygen atoms in total. The van der Waals surface area contributed by atoms with Crippen LogP contribution in [0.4, 0.5) is 5.69 Å². The number of para-hydroxylation sites is 1. The highest BCUT2D eigenvalue weighted by Crippen LogP contribution is 2.17. The van der Waals surface area contributed by atoms with Crippen LogP contribution in [0, 0.1) is 0 Å². The Labute approximate surface area is 179 Å². The number of carbonyl (C=O) groups is 1. The molecule has 0 radical (unpaired) electrons. The molecular weight excluding hydrogens is 399 g/mol. The molecule has 1 aromatic carbocycles. The molecule has 1 aliphatic rings. The summed E-state index contributed by atoms with van der Waals surface area (Å²) in [5.41, 5.74) is 1.62. The number of amides is 1. The van der Waals surface area contributed by atoms with Gasteiger partial charge in [0.05, 0.1) is 12.2 Å². The van der Waals surface area contributed by atoms with E-state index < -0.39 is 0 Å². The number of halogens is 2. The second-order valence-corrected chi connectivity index (χ2v) is 6.79. The topological polar surface area (TPSA) is 75.1 Å². The molecule has 28 heavy (non-hydrogen) atoms. The van der Waals surface area contributed by atoms with E-state index >= 15 is 0 Å². The van der Waals surface area contributed by atoms with Gasteiger partial charge >= 0.3 is 0 Å². The van der Waals surface area contributed by atoms with Crippen LogP contribution in [0.3, 0.4) is 0 Å². The molecule has 2 aromatic rings. The van der Waals surface area contributed by atoms with Gasteiger partial charge in [-0.3, -0.25) is 4.79 Å². The number of nitrogens with zero attached hydrogens (tertiary/aromatic N) is 4. The van der Waals surface area contributed by atoms with E-state index in [2.05, 4.69) is 45.0 Å². The zero-order valence-corrected chi connectivity index (χ0v) is 17.8. The van der Waals surface area contributed by atoms with Gasteiger partial charge in [-0.15, -0.1) is 29.9 Å². The maximum atomic E-state index is 12.2. The molecule has 156 valence electrons. The summed E-state index contributed by atoms with van der Waals surface area (Å²) >= 11 is 0. The van der Waals surface area contributed by atoms with Crippen LogP contribution in [0.1, 0.15) is 42.2 Å². The third-order valence-electron chi connectivity index (χ3n) is 4.83. The average molecular weight is 429 g/mol. The fraction of sp³-hybridized carbons (Fsp3) is 0.526. The van der Waals surface area contributed by atoms with Crippen LogP contribution in [0.15, 0.2) is 36.5 Å². The number of nitrogens with one attached hydrogen (secondary N) is 2. The molecule has 1 aliphatic heterocycles. The van der Waals surface area contributed by atoms with Crippen LogP contribution in [-0.4, -0.2) is 54.1 Å². The zero-order chi connectivity index (χ0) is 18.2. The van der Waals surface area contributed by atoms with Crippen molar-refractivity contribution >= 4 is 36.4 Å². The molecule has 9 heteroatoms. The lowest BCUT2D eigenvalue weighted by Crippen LogP contribution is -2.29. The van der Waals surface area contributed by atoms with E-state index in [-0.39, 0.29) is 30.7 Å². The Bertz CT molecular complexity index is 691. The minimum absolute atomic E-state index is 0. The zero-order valence-electron chi connectivity index (χ0n) is 16.2. The van der Waals surface area contributed by atoms with Gasteiger partial charge in [-0.05, 0) is 50.9 Å². The Kier molecular flexibility index (Phi) is 10.9. The number of piperidine rings is 1. The quantitative estimate of drug-likeness (QED) is 0.632. The first kappa shape index (κ1) is 24.2. The van der Waals surface area contributed by atoms with Crippen LogP contribution in [-0.2, 0) is 0 Å². The lowest BCUT2D eigenvalue weighted by atomic mass is 10.1. The molecule has 1 amide bonds. The standard InChI is InChI=1S/C19H28N6O.2ClH/c1-24(16-7-3-2-4-8-16)14-6-5-11-21-19(26)18-15-25(23-22-18)17-9-12-20-13-10-17;;/h2-4,7-8,15,17,20H,5-6,9-14H2,1H3,(H,21,26);2*1H. The number of hydrogen-bond acceptors (Lipinski definition) is 5. The Balaban J connectivity index is 0.00000196. The number of rotatable bonds is 8. The normalized spacial score (nSPS) is 13.9. The molecule has 1 fully saturated rings. The van der Waals surface area contributed by atoms with Gasteiger partial charge in [0, 0.05) is 25.8 Å². The second kappa shape index (κ2) is 12.6. The molecule has 0 bridgehead atoms. The van der Waals surface area contributed by atoms with Crippen molar-refractivity contribution in [3.05, 3.63) is 42.2 Å². The summed E-state index contributed by atoms with van der Waals surface area (Å²) in [7, 11) is 2.09. The molecular formula is C19H30Cl2N6O. The maximum absolute atomic E-state index is 12.2. The van der Waals surface area contributed by atoms with E-state index in [9.17, 15) is 4.79 Å². The van der Waals surface area contributed by atoms with Crippen LogP contribution in [0.2, 0.25) is 0 Å². The fourth-order valence-corrected chi connectivity index (χ4v) is 3.21. The van der Waals surface area contributed by atoms with Gasteiger partial charge in [-0.1, -0.05) is 23.4 Å². The van der Waals surface area contributed by atoms with Crippen molar-refractivity contribution in [1.29, 1.82) is 0 Å². The molecule has 3 rings (SSSR count). The summed E-state index contributed by atoms with van der Waals surface area (Å²) in [5.74, 6) is -0.137. The number of carbonyl (C=O) groups excluding carboxylic acids is 1. The van der Waals surface area contributed by atoms with E-state index in [1.807, 2.05) is 22.9 Å². The summed E-state index contributed by atoms with van der Waals surface area (Å²) in [4.78, 5) is 14.4. The van der Waals surface area contributed by atoms with Gasteiger partial charge in [-0.25, -0.2) is 4.68 Å². The Morgan fingerprint density at radius 1 is 1.21 bits per heavy atom. The van der Waals surface area contributed by atoms with E-state index in [4.69, 9.17) is 0 Å². The van der Waals surface area contributed by atoms with Crippen LogP contribution < -0.4 is 15.5 Å². The van der Waals surface area contributed by atoms with Gasteiger partial charge in [0.25, 0.3) is 5.91 Å². The Hall–Kier alpha value is -1.83. The molecule has 0 atom stereocenters. The highest BCUT2D eigenvalue weighted by Gasteiger charge is 2.18. The van der Waals surface area contributed by atoms with Crippen LogP contribution >= 0.6 is 24.8 Å². The van der Waals surface area contributed by atoms with Gasteiger partial charge in [0.1, 0.15) is 0 Å². The molecule has 0 unspecified atom stereocenters. The average Bonchev–Trinajstić information content (AvgIpc) is 3.19. The predicted octanol–water partition coefficient (Wildman–Crippen LogP) is 2.69. The largest absolute Gasteiger partial charge is 0.375 e. The molecule has 1 saturated heterocycles. The van der Waals surface area contributed by atoms with Crippen molar-refractivity contribution in [2.75, 3.05) is 38.1 Å². The van der Waals surface area contributed by atoms with Gasteiger partial charge in [0.15, 0.2) is 5.69 Å². The van der Waals surface area contributed by atoms with Crippen LogP contribution in [0.25, 0.3) is 0 Å². The minimum atomic E-state index is -0.137. The van der Waals surface area contributed by atoms with Gasteiger partial charge in [-0.2, -0.15) is 0 Å². The smallest absolute Gasteiger partial charge is 0.273 e. The van der Waals surface area contributed by atoms with E-state index in [0.29, 0.717) is 18.3 Å². The molecule has 1 aromatic heterocycles. The van der Waals surface area contributed by atoms with E-state index in [1.54, 1.807) is 6.20 Å². The first-order valence-corrected chi connectivity index (χ1v) is 9.41. The summed E-state index contributed by atoms with van der Waals surface area (Å²) in [6.45, 7) is 3.60. The van der Waals surface area contributed by atoms with E-state index in [1.165, 1.54) is 5.69 Å². The van der Waals surface area contributed by atoms with Crippen molar-refractivity contribution < 1.29 is 4.79 Å². The van der Waals surface area contributed by atoms with Crippen molar-refractivity contribution in [2.24, 2.45) is 0 Å². The lowest BCUT2D eigenvalue weighted by molar-refractivity contribution is 0.0948. The summed E-state index contributed by atoms with van der Waals surface area (Å²) in [5, 5.41) is 14.4. The molecule has 0 saturated carbocycles. The third kappa shape index (κ3) is 6.96. The highest BCUT2D eigenvalue weighted by molar-refractivity contribution is 5.91. The van der Waals surface area contributed by atoms with E-state index in [0.717, 1.165) is 45.3 Å². The van der Waals surface area contributed by atoms with Gasteiger partial charge < -0.3 is 15.5 Å². The number of anilines is 1. The Morgan fingerprint density at radius 2 is 1.93 bits per heavy atom. The number of aromatic nitrogens is 3. The fourth-order valence-electron chi connectivity index (χ4n) is 3.21. The minimum Gasteiger partial charge on any atom is -0.375 e. The summed E-state index contributed by atoms with van der Waals surface area (Å²) in [6, 6.07) is 10.7. The van der Waals surface area contributed by atoms with Crippen molar-refractivity contribution in [3.63, 3.8) is 0 Å². The first-order valence-electron chi connectivity index (χ1n) is 9.41. The third-order valence-corrected chi connectivity index (χ3v) is 4.83. The maximum Gasteiger partial charge on any atom is 0.273 e. The highest BCUT2D eigenvalue weighted by atomic mass is 35.5. The SMILES string of the molecule is CN(CCCCNC(=O)c1cn(C2CCNCC2)nn1)c1ccccc1.Cl.Cl. The van der Waals surface area contributed by atoms with Crippen molar-refractivity contribution in [3.8, 4) is 0 Å². The monoisotopic (exact) mass is 428 g/mol. The van der Waals surface area contributed by atoms with Crippen molar-refractivity contribution in [2.45, 2.75) is 31.7 Å². The first-order chi connectivity index (χ1) is 12.7. The predicted molar refractivity (Wildman–Crippen MR) is 117 cm³/mol. The number of hydrogen-bond donors (Lipinski definition) is 2. The Morgan fingerprint density at radius 3 is 2.64 bits per heavy atom.